The molecule has 1 fully saturated rings. The van der Waals surface area contributed by atoms with Crippen LogP contribution in [0.5, 0.6) is 0 Å². The van der Waals surface area contributed by atoms with Crippen LogP contribution in [-0.4, -0.2) is 36.7 Å². The second-order valence-corrected chi connectivity index (χ2v) is 8.97. The Bertz CT molecular complexity index is 867. The zero-order valence-corrected chi connectivity index (χ0v) is 16.1. The fourth-order valence-corrected chi connectivity index (χ4v) is 4.55. The molecule has 1 aromatic carbocycles. The quantitative estimate of drug-likeness (QED) is 0.849. The van der Waals surface area contributed by atoms with E-state index in [-0.39, 0.29) is 11.8 Å². The van der Waals surface area contributed by atoms with Gasteiger partial charge in [0.05, 0.1) is 0 Å². The summed E-state index contributed by atoms with van der Waals surface area (Å²) in [5.74, 6) is -0.279. The van der Waals surface area contributed by atoms with Crippen LogP contribution >= 0.6 is 11.3 Å². The number of anilines is 1. The highest BCUT2D eigenvalue weighted by atomic mass is 32.2. The molecule has 0 spiro atoms. The third-order valence-corrected chi connectivity index (χ3v) is 6.61. The van der Waals surface area contributed by atoms with E-state index < -0.39 is 10.0 Å². The number of rotatable bonds is 5. The molecular formula is C18H21N3O3S2. The zero-order chi connectivity index (χ0) is 18.6. The van der Waals surface area contributed by atoms with E-state index in [0.717, 1.165) is 11.1 Å². The fourth-order valence-electron chi connectivity index (χ4n) is 2.79. The Morgan fingerprint density at radius 1 is 1.27 bits per heavy atom. The topological polar surface area (TPSA) is 79.4 Å². The number of amides is 1. The van der Waals surface area contributed by atoms with Crippen molar-refractivity contribution in [2.45, 2.75) is 19.8 Å². The molecule has 2 heterocycles. The third-order valence-electron chi connectivity index (χ3n) is 4.36. The molecule has 3 rings (SSSR count). The van der Waals surface area contributed by atoms with Crippen molar-refractivity contribution >= 4 is 38.5 Å². The van der Waals surface area contributed by atoms with Crippen molar-refractivity contribution in [3.05, 3.63) is 52.4 Å². The average molecular weight is 392 g/mol. The molecule has 6 nitrogen and oxygen atoms in total. The Kier molecular flexibility index (Phi) is 5.85. The molecule has 0 bridgehead atoms. The van der Waals surface area contributed by atoms with E-state index >= 15 is 0 Å². The standard InChI is InChI=1S/C18H21N3O3S2/c1-14-2-4-15(5-3-14)8-13-26(23,24)21-10-6-16(7-11-21)17(22)20-18-19-9-12-25-18/h2-5,8-9,12-13,16H,6-7,10-11H2,1H3,(H,19,20,22)/b13-8+. The van der Waals surface area contributed by atoms with Gasteiger partial charge in [-0.15, -0.1) is 11.3 Å². The van der Waals surface area contributed by atoms with Gasteiger partial charge in [-0.25, -0.2) is 13.4 Å². The van der Waals surface area contributed by atoms with Gasteiger partial charge >= 0.3 is 0 Å². The molecule has 0 saturated carbocycles. The van der Waals surface area contributed by atoms with Gasteiger partial charge in [-0.1, -0.05) is 29.8 Å². The Hall–Kier alpha value is -2.03. The van der Waals surface area contributed by atoms with Crippen molar-refractivity contribution < 1.29 is 13.2 Å². The number of nitrogens with zero attached hydrogens (tertiary/aromatic N) is 2. The molecule has 0 unspecified atom stereocenters. The zero-order valence-electron chi connectivity index (χ0n) is 14.5. The number of sulfonamides is 1. The van der Waals surface area contributed by atoms with Crippen LogP contribution in [0.1, 0.15) is 24.0 Å². The molecule has 1 saturated heterocycles. The van der Waals surface area contributed by atoms with Crippen LogP contribution in [0.3, 0.4) is 0 Å². The second-order valence-electron chi connectivity index (χ2n) is 6.26. The lowest BCUT2D eigenvalue weighted by Gasteiger charge is -2.29. The van der Waals surface area contributed by atoms with E-state index in [0.29, 0.717) is 31.1 Å². The highest BCUT2D eigenvalue weighted by Gasteiger charge is 2.30. The smallest absolute Gasteiger partial charge is 0.236 e. The molecule has 26 heavy (non-hydrogen) atoms. The highest BCUT2D eigenvalue weighted by molar-refractivity contribution is 7.92. The predicted molar refractivity (Wildman–Crippen MR) is 104 cm³/mol. The maximum atomic E-state index is 12.5. The largest absolute Gasteiger partial charge is 0.302 e. The van der Waals surface area contributed by atoms with Crippen LogP contribution in [-0.2, 0) is 14.8 Å². The van der Waals surface area contributed by atoms with E-state index in [1.54, 1.807) is 17.7 Å². The predicted octanol–water partition coefficient (Wildman–Crippen LogP) is 3.10. The van der Waals surface area contributed by atoms with Gasteiger partial charge in [0.25, 0.3) is 0 Å². The van der Waals surface area contributed by atoms with Gasteiger partial charge in [0.1, 0.15) is 0 Å². The van der Waals surface area contributed by atoms with E-state index in [1.807, 2.05) is 31.2 Å². The first kappa shape index (κ1) is 18.8. The molecule has 1 amide bonds. The normalized spacial score (nSPS) is 16.8. The Labute approximate surface area is 157 Å². The number of hydrogen-bond donors (Lipinski definition) is 1. The van der Waals surface area contributed by atoms with Crippen molar-refractivity contribution in [1.82, 2.24) is 9.29 Å². The summed E-state index contributed by atoms with van der Waals surface area (Å²) in [5.41, 5.74) is 1.97. The molecule has 1 aliphatic rings. The number of carbonyl (C=O) groups is 1. The first-order valence-electron chi connectivity index (χ1n) is 8.39. The summed E-state index contributed by atoms with van der Waals surface area (Å²) in [7, 11) is -3.48. The van der Waals surface area contributed by atoms with Gasteiger partial charge in [-0.2, -0.15) is 4.31 Å². The molecule has 2 aromatic rings. The van der Waals surface area contributed by atoms with Gasteiger partial charge < -0.3 is 5.32 Å². The molecule has 1 N–H and O–H groups in total. The first-order valence-corrected chi connectivity index (χ1v) is 10.8. The molecule has 1 aliphatic heterocycles. The number of carbonyl (C=O) groups excluding carboxylic acids is 1. The third kappa shape index (κ3) is 4.78. The fraction of sp³-hybridized carbons (Fsp3) is 0.333. The van der Waals surface area contributed by atoms with Gasteiger partial charge in [0.2, 0.25) is 15.9 Å². The highest BCUT2D eigenvalue weighted by Crippen LogP contribution is 2.23. The van der Waals surface area contributed by atoms with E-state index in [4.69, 9.17) is 0 Å². The Morgan fingerprint density at radius 3 is 2.58 bits per heavy atom. The van der Waals surface area contributed by atoms with Gasteiger partial charge in [0.15, 0.2) is 5.13 Å². The van der Waals surface area contributed by atoms with Gasteiger partial charge in [-0.3, -0.25) is 4.79 Å². The number of aromatic nitrogens is 1. The minimum Gasteiger partial charge on any atom is -0.302 e. The van der Waals surface area contributed by atoms with Gasteiger partial charge in [-0.05, 0) is 31.4 Å². The lowest BCUT2D eigenvalue weighted by molar-refractivity contribution is -0.120. The molecule has 8 heteroatoms. The van der Waals surface area contributed by atoms with Gasteiger partial charge in [0, 0.05) is 36.0 Å². The number of thiazole rings is 1. The maximum Gasteiger partial charge on any atom is 0.236 e. The first-order chi connectivity index (χ1) is 12.4. The van der Waals surface area contributed by atoms with Crippen molar-refractivity contribution in [3.8, 4) is 0 Å². The summed E-state index contributed by atoms with van der Waals surface area (Å²) in [4.78, 5) is 16.3. The number of piperidine rings is 1. The van der Waals surface area contributed by atoms with Crippen molar-refractivity contribution in [1.29, 1.82) is 0 Å². The van der Waals surface area contributed by atoms with Crippen LogP contribution in [0.25, 0.3) is 6.08 Å². The maximum absolute atomic E-state index is 12.5. The van der Waals surface area contributed by atoms with Crippen molar-refractivity contribution in [3.63, 3.8) is 0 Å². The molecule has 0 aliphatic carbocycles. The number of aryl methyl sites for hydroxylation is 1. The van der Waals surface area contributed by atoms with Crippen LogP contribution in [0.15, 0.2) is 41.3 Å². The monoisotopic (exact) mass is 391 g/mol. The molecular weight excluding hydrogens is 370 g/mol. The SMILES string of the molecule is Cc1ccc(/C=C/S(=O)(=O)N2CCC(C(=O)Nc3nccs3)CC2)cc1. The summed E-state index contributed by atoms with van der Waals surface area (Å²) in [6.07, 6.45) is 4.26. The van der Waals surface area contributed by atoms with Crippen LogP contribution in [0.2, 0.25) is 0 Å². The lowest BCUT2D eigenvalue weighted by Crippen LogP contribution is -2.40. The molecule has 0 atom stereocenters. The Morgan fingerprint density at radius 2 is 1.96 bits per heavy atom. The molecule has 1 aromatic heterocycles. The van der Waals surface area contributed by atoms with Crippen LogP contribution < -0.4 is 5.32 Å². The van der Waals surface area contributed by atoms with E-state index in [1.165, 1.54) is 21.1 Å². The van der Waals surface area contributed by atoms with E-state index in [9.17, 15) is 13.2 Å². The van der Waals surface area contributed by atoms with E-state index in [2.05, 4.69) is 10.3 Å². The van der Waals surface area contributed by atoms with Crippen LogP contribution in [0, 0.1) is 12.8 Å². The summed E-state index contributed by atoms with van der Waals surface area (Å²) in [5, 5.41) is 6.40. The summed E-state index contributed by atoms with van der Waals surface area (Å²) >= 11 is 1.37. The van der Waals surface area contributed by atoms with Crippen molar-refractivity contribution in [2.75, 3.05) is 18.4 Å². The number of nitrogens with one attached hydrogen (secondary N) is 1. The average Bonchev–Trinajstić information content (AvgIpc) is 3.14. The lowest BCUT2D eigenvalue weighted by atomic mass is 9.97. The summed E-state index contributed by atoms with van der Waals surface area (Å²) in [6, 6.07) is 7.66. The minimum atomic E-state index is -3.48. The number of hydrogen-bond acceptors (Lipinski definition) is 5. The minimum absolute atomic E-state index is 0.0906. The molecule has 0 radical (unpaired) electrons. The Balaban J connectivity index is 1.56. The molecule has 138 valence electrons. The second kappa shape index (κ2) is 8.11. The summed E-state index contributed by atoms with van der Waals surface area (Å²) in [6.45, 7) is 2.67. The van der Waals surface area contributed by atoms with Crippen molar-refractivity contribution in [2.24, 2.45) is 5.92 Å². The number of benzene rings is 1. The van der Waals surface area contributed by atoms with Crippen LogP contribution in [0.4, 0.5) is 5.13 Å². The summed E-state index contributed by atoms with van der Waals surface area (Å²) < 4.78 is 26.4.